The highest BCUT2D eigenvalue weighted by Crippen LogP contribution is 2.21. The highest BCUT2D eigenvalue weighted by Gasteiger charge is 2.26. The van der Waals surface area contributed by atoms with Gasteiger partial charge in [-0.25, -0.2) is 4.42 Å². The van der Waals surface area contributed by atoms with Gasteiger partial charge >= 0.3 is 0 Å². The van der Waals surface area contributed by atoms with Gasteiger partial charge in [0.1, 0.15) is 0 Å². The summed E-state index contributed by atoms with van der Waals surface area (Å²) in [5, 5.41) is 0. The number of halogens is 1. The number of hydrogen-bond acceptors (Lipinski definition) is 1. The molecular formula is C12H16ClNO. The third-order valence-corrected chi connectivity index (χ3v) is 2.80. The van der Waals surface area contributed by atoms with Gasteiger partial charge < -0.3 is 0 Å². The Morgan fingerprint density at radius 1 is 1.27 bits per heavy atom. The zero-order valence-electron chi connectivity index (χ0n) is 9.54. The van der Waals surface area contributed by atoms with Crippen LogP contribution < -0.4 is 0 Å². The second-order valence-corrected chi connectivity index (χ2v) is 4.91. The van der Waals surface area contributed by atoms with Crippen LogP contribution in [0.2, 0.25) is 0 Å². The van der Waals surface area contributed by atoms with Gasteiger partial charge in [0.05, 0.1) is 5.54 Å². The van der Waals surface area contributed by atoms with Gasteiger partial charge in [-0.1, -0.05) is 18.2 Å². The Morgan fingerprint density at radius 3 is 2.27 bits per heavy atom. The van der Waals surface area contributed by atoms with Crippen molar-refractivity contribution >= 4 is 17.7 Å². The molecular weight excluding hydrogens is 210 g/mol. The minimum Gasteiger partial charge on any atom is -0.268 e. The molecule has 0 unspecified atom stereocenters. The number of hydrogen-bond donors (Lipinski definition) is 0. The van der Waals surface area contributed by atoms with Crippen molar-refractivity contribution in [1.82, 2.24) is 4.42 Å². The minimum absolute atomic E-state index is 0.151. The van der Waals surface area contributed by atoms with Crippen LogP contribution in [0.5, 0.6) is 0 Å². The number of nitrogens with zero attached hydrogens (tertiary/aromatic N) is 1. The molecule has 1 rings (SSSR count). The third-order valence-electron chi connectivity index (χ3n) is 2.14. The number of carbonyl (C=O) groups is 1. The largest absolute Gasteiger partial charge is 0.268 e. The van der Waals surface area contributed by atoms with Gasteiger partial charge in [-0.15, -0.1) is 0 Å². The monoisotopic (exact) mass is 225 g/mol. The van der Waals surface area contributed by atoms with Crippen LogP contribution in [0.3, 0.4) is 0 Å². The van der Waals surface area contributed by atoms with Crippen molar-refractivity contribution < 1.29 is 4.79 Å². The van der Waals surface area contributed by atoms with Crippen molar-refractivity contribution in [3.05, 3.63) is 35.4 Å². The Bertz CT molecular complexity index is 368. The van der Waals surface area contributed by atoms with Gasteiger partial charge in [-0.2, -0.15) is 0 Å². The molecule has 0 aliphatic rings. The summed E-state index contributed by atoms with van der Waals surface area (Å²) in [6.45, 7) is 7.60. The van der Waals surface area contributed by atoms with E-state index in [1.807, 2.05) is 45.9 Å². The van der Waals surface area contributed by atoms with Crippen LogP contribution in [0.1, 0.15) is 36.7 Å². The molecule has 0 radical (unpaired) electrons. The molecule has 0 aliphatic heterocycles. The van der Waals surface area contributed by atoms with Crippen LogP contribution in [-0.4, -0.2) is 15.9 Å². The Morgan fingerprint density at radius 2 is 1.80 bits per heavy atom. The van der Waals surface area contributed by atoms with Crippen molar-refractivity contribution in [2.45, 2.75) is 33.2 Å². The summed E-state index contributed by atoms with van der Waals surface area (Å²) < 4.78 is 1.25. The number of rotatable bonds is 1. The SMILES string of the molecule is Cc1ccccc1C(=O)N(Cl)C(C)(C)C. The summed E-state index contributed by atoms with van der Waals surface area (Å²) in [4.78, 5) is 12.0. The van der Waals surface area contributed by atoms with Crippen molar-refractivity contribution in [2.75, 3.05) is 0 Å². The smallest absolute Gasteiger partial charge is 0.268 e. The zero-order chi connectivity index (χ0) is 11.6. The van der Waals surface area contributed by atoms with E-state index in [4.69, 9.17) is 11.8 Å². The molecule has 0 aliphatic carbocycles. The van der Waals surface area contributed by atoms with Gasteiger partial charge in [0.25, 0.3) is 5.91 Å². The number of benzene rings is 1. The maximum Gasteiger partial charge on any atom is 0.268 e. The molecule has 0 N–H and O–H groups in total. The van der Waals surface area contributed by atoms with Crippen LogP contribution in [-0.2, 0) is 0 Å². The third kappa shape index (κ3) is 2.72. The van der Waals surface area contributed by atoms with Crippen LogP contribution in [0.4, 0.5) is 0 Å². The van der Waals surface area contributed by atoms with Gasteiger partial charge in [0.15, 0.2) is 0 Å². The predicted octanol–water partition coefficient (Wildman–Crippen LogP) is 3.39. The summed E-state index contributed by atoms with van der Waals surface area (Å²) in [5.41, 5.74) is 1.22. The molecule has 0 bridgehead atoms. The first-order valence-corrected chi connectivity index (χ1v) is 5.24. The van der Waals surface area contributed by atoms with Crippen LogP contribution >= 0.6 is 11.8 Å². The van der Waals surface area contributed by atoms with E-state index in [0.29, 0.717) is 5.56 Å². The zero-order valence-corrected chi connectivity index (χ0v) is 10.3. The second kappa shape index (κ2) is 4.23. The first kappa shape index (κ1) is 12.1. The molecule has 0 aromatic heterocycles. The molecule has 0 saturated carbocycles. The van der Waals surface area contributed by atoms with Crippen molar-refractivity contribution in [3.8, 4) is 0 Å². The van der Waals surface area contributed by atoms with Crippen LogP contribution in [0.25, 0.3) is 0 Å². The average molecular weight is 226 g/mol. The fraction of sp³-hybridized carbons (Fsp3) is 0.417. The van der Waals surface area contributed by atoms with E-state index in [1.165, 1.54) is 4.42 Å². The Kier molecular flexibility index (Phi) is 3.40. The first-order chi connectivity index (χ1) is 6.84. The topological polar surface area (TPSA) is 20.3 Å². The van der Waals surface area contributed by atoms with Gasteiger partial charge in [-0.05, 0) is 39.3 Å². The van der Waals surface area contributed by atoms with Crippen LogP contribution in [0, 0.1) is 6.92 Å². The molecule has 1 amide bonds. The van der Waals surface area contributed by atoms with E-state index in [1.54, 1.807) is 6.07 Å². The first-order valence-electron chi connectivity index (χ1n) is 4.90. The normalized spacial score (nSPS) is 11.3. The van der Waals surface area contributed by atoms with Gasteiger partial charge in [0.2, 0.25) is 0 Å². The van der Waals surface area contributed by atoms with Crippen molar-refractivity contribution in [2.24, 2.45) is 0 Å². The molecule has 1 aromatic carbocycles. The summed E-state index contributed by atoms with van der Waals surface area (Å²) in [6, 6.07) is 7.44. The lowest BCUT2D eigenvalue weighted by atomic mass is 10.0. The molecule has 82 valence electrons. The van der Waals surface area contributed by atoms with E-state index in [-0.39, 0.29) is 11.4 Å². The lowest BCUT2D eigenvalue weighted by molar-refractivity contribution is 0.0777. The van der Waals surface area contributed by atoms with E-state index < -0.39 is 0 Å². The van der Waals surface area contributed by atoms with Crippen molar-refractivity contribution in [1.29, 1.82) is 0 Å². The summed E-state index contributed by atoms with van der Waals surface area (Å²) >= 11 is 6.00. The maximum absolute atomic E-state index is 12.0. The van der Waals surface area contributed by atoms with E-state index >= 15 is 0 Å². The standard InChI is InChI=1S/C12H16ClNO/c1-9-7-5-6-8-10(9)11(15)14(13)12(2,3)4/h5-8H,1-4H3. The van der Waals surface area contributed by atoms with E-state index in [9.17, 15) is 4.79 Å². The average Bonchev–Trinajstić information content (AvgIpc) is 2.15. The Hall–Kier alpha value is -1.02. The Labute approximate surface area is 96.0 Å². The van der Waals surface area contributed by atoms with Gasteiger partial charge in [0, 0.05) is 17.3 Å². The van der Waals surface area contributed by atoms with Crippen molar-refractivity contribution in [3.63, 3.8) is 0 Å². The molecule has 3 heteroatoms. The van der Waals surface area contributed by atoms with Crippen LogP contribution in [0.15, 0.2) is 24.3 Å². The molecule has 0 spiro atoms. The number of amides is 1. The quantitative estimate of drug-likeness (QED) is 0.671. The number of carbonyl (C=O) groups excluding carboxylic acids is 1. The van der Waals surface area contributed by atoms with E-state index in [2.05, 4.69) is 0 Å². The summed E-state index contributed by atoms with van der Waals surface area (Å²) in [7, 11) is 0. The predicted molar refractivity (Wildman–Crippen MR) is 63.0 cm³/mol. The number of aryl methyl sites for hydroxylation is 1. The summed E-state index contributed by atoms with van der Waals surface area (Å²) in [6.07, 6.45) is 0. The lowest BCUT2D eigenvalue weighted by Crippen LogP contribution is -2.38. The highest BCUT2D eigenvalue weighted by atomic mass is 35.5. The molecule has 0 heterocycles. The Balaban J connectivity index is 3.01. The molecule has 0 fully saturated rings. The van der Waals surface area contributed by atoms with E-state index in [0.717, 1.165) is 5.56 Å². The second-order valence-electron chi connectivity index (χ2n) is 4.57. The summed E-state index contributed by atoms with van der Waals surface area (Å²) in [5.74, 6) is -0.151. The molecule has 0 saturated heterocycles. The fourth-order valence-electron chi connectivity index (χ4n) is 1.22. The fourth-order valence-corrected chi connectivity index (χ4v) is 1.31. The maximum atomic E-state index is 12.0. The van der Waals surface area contributed by atoms with Gasteiger partial charge in [-0.3, -0.25) is 4.79 Å². The highest BCUT2D eigenvalue weighted by molar-refractivity contribution is 6.24. The minimum atomic E-state index is -0.374. The molecule has 1 aromatic rings. The lowest BCUT2D eigenvalue weighted by Gasteiger charge is -2.29. The molecule has 0 atom stereocenters. The molecule has 15 heavy (non-hydrogen) atoms. The molecule has 2 nitrogen and oxygen atoms in total.